The lowest BCUT2D eigenvalue weighted by Gasteiger charge is -2.22. The van der Waals surface area contributed by atoms with E-state index in [1.165, 1.54) is 50.8 Å². The molecule has 0 saturated carbocycles. The SMILES string of the molecule is CSC1=C(SC)SC(=C2SC(=C3SC(SC)=C(SC)S3)SC(=C3SC(SC)=C(SC)S3)S2)S1. The molecule has 4 aliphatic rings. The first-order valence-corrected chi connectivity index (χ1v) is 23.5. The Morgan fingerprint density at radius 1 is 0.273 bits per heavy atom. The van der Waals surface area contributed by atoms with Gasteiger partial charge in [0, 0.05) is 0 Å². The van der Waals surface area contributed by atoms with Gasteiger partial charge in [0.15, 0.2) is 0 Å². The first kappa shape index (κ1) is 29.7. The van der Waals surface area contributed by atoms with Crippen molar-refractivity contribution in [2.75, 3.05) is 37.5 Å². The predicted molar refractivity (Wildman–Crippen MR) is 192 cm³/mol. The molecule has 0 N–H and O–H groups in total. The molecule has 0 spiro atoms. The molecule has 0 aromatic heterocycles. The Morgan fingerprint density at radius 3 is 0.576 bits per heavy atom. The number of rotatable bonds is 6. The van der Waals surface area contributed by atoms with Crippen molar-refractivity contribution in [3.63, 3.8) is 0 Å². The molecule has 33 heavy (non-hydrogen) atoms. The number of hydrogen-bond acceptors (Lipinski definition) is 15. The Hall–Kier alpha value is 3.69. The average Bonchev–Trinajstić information content (AvgIpc) is 3.58. The number of thioether (sulfide) groups is 15. The molecule has 0 radical (unpaired) electrons. The summed E-state index contributed by atoms with van der Waals surface area (Å²) in [5, 5.41) is 0. The summed E-state index contributed by atoms with van der Waals surface area (Å²) in [5.41, 5.74) is 0. The van der Waals surface area contributed by atoms with Crippen LogP contribution in [0.15, 0.2) is 50.8 Å². The fourth-order valence-electron chi connectivity index (χ4n) is 2.38. The van der Waals surface area contributed by atoms with Crippen LogP contribution >= 0.6 is 176 Å². The van der Waals surface area contributed by atoms with Crippen LogP contribution in [0.5, 0.6) is 0 Å². The minimum Gasteiger partial charge on any atom is -0.121 e. The molecule has 1 fully saturated rings. The fraction of sp³-hybridized carbons (Fsp3) is 0.333. The smallest absolute Gasteiger partial charge is 0.0718 e. The normalized spacial score (nSPS) is 22.4. The fourth-order valence-corrected chi connectivity index (χ4v) is 22.8. The predicted octanol–water partition coefficient (Wildman–Crippen LogP) is 12.6. The standard InChI is InChI=1S/C18H18S15/c1-19-7-8(20-2)26-13(25-7)16-31-17(14-27-9(21-3)10(22-4)28-14)33-18(32-16)15-29-11(23-5)12(24-6)30-15/h1-6H3. The number of hydrogen-bond donors (Lipinski definition) is 0. The van der Waals surface area contributed by atoms with Gasteiger partial charge in [-0.1, -0.05) is 106 Å². The second kappa shape index (κ2) is 14.4. The van der Waals surface area contributed by atoms with Crippen LogP contribution in [0, 0.1) is 0 Å². The third-order valence-electron chi connectivity index (χ3n) is 3.78. The zero-order valence-corrected chi connectivity index (χ0v) is 30.4. The molecule has 0 bridgehead atoms. The topological polar surface area (TPSA) is 0 Å². The first-order valence-electron chi connectivity index (χ1n) is 8.85. The summed E-state index contributed by atoms with van der Waals surface area (Å²) in [4.78, 5) is 0. The highest BCUT2D eigenvalue weighted by molar-refractivity contribution is 8.49. The lowest BCUT2D eigenvalue weighted by Crippen LogP contribution is -1.88. The van der Waals surface area contributed by atoms with Crippen LogP contribution in [0.3, 0.4) is 0 Å². The van der Waals surface area contributed by atoms with Crippen molar-refractivity contribution in [2.24, 2.45) is 0 Å². The highest BCUT2D eigenvalue weighted by Gasteiger charge is 2.34. The van der Waals surface area contributed by atoms with E-state index in [9.17, 15) is 0 Å². The van der Waals surface area contributed by atoms with Crippen molar-refractivity contribution in [2.45, 2.75) is 0 Å². The highest BCUT2D eigenvalue weighted by Crippen LogP contribution is 2.71. The van der Waals surface area contributed by atoms with Crippen LogP contribution in [0.25, 0.3) is 0 Å². The van der Waals surface area contributed by atoms with E-state index in [2.05, 4.69) is 37.5 Å². The van der Waals surface area contributed by atoms with E-state index in [4.69, 9.17) is 0 Å². The van der Waals surface area contributed by atoms with E-state index in [1.807, 2.05) is 176 Å². The minimum atomic E-state index is 1.44. The van der Waals surface area contributed by atoms with Gasteiger partial charge in [-0.3, -0.25) is 0 Å². The quantitative estimate of drug-likeness (QED) is 0.256. The van der Waals surface area contributed by atoms with Gasteiger partial charge in [-0.05, 0) is 37.5 Å². The second-order valence-corrected chi connectivity index (χ2v) is 22.8. The van der Waals surface area contributed by atoms with Crippen LogP contribution in [-0.2, 0) is 0 Å². The van der Waals surface area contributed by atoms with Gasteiger partial charge in [-0.25, -0.2) is 0 Å². The lowest BCUT2D eigenvalue weighted by atomic mass is 11.2. The molecule has 0 amide bonds. The summed E-state index contributed by atoms with van der Waals surface area (Å²) in [7, 11) is 0. The Labute approximate surface area is 261 Å². The molecule has 4 heterocycles. The Kier molecular flexibility index (Phi) is 12.9. The minimum absolute atomic E-state index is 1.44. The van der Waals surface area contributed by atoms with Gasteiger partial charge in [0.2, 0.25) is 0 Å². The second-order valence-electron chi connectivity index (χ2n) is 5.59. The summed E-state index contributed by atoms with van der Waals surface area (Å²) in [6.07, 6.45) is 13.2. The molecule has 0 atom stereocenters. The molecule has 180 valence electrons. The average molecular weight is 715 g/mol. The van der Waals surface area contributed by atoms with E-state index in [0.717, 1.165) is 0 Å². The molecular weight excluding hydrogens is 697 g/mol. The van der Waals surface area contributed by atoms with E-state index in [-0.39, 0.29) is 0 Å². The molecule has 4 rings (SSSR count). The maximum Gasteiger partial charge on any atom is 0.0718 e. The van der Waals surface area contributed by atoms with Crippen LogP contribution in [0.4, 0.5) is 0 Å². The summed E-state index contributed by atoms with van der Waals surface area (Å²) < 4.78 is 17.3. The van der Waals surface area contributed by atoms with Crippen molar-refractivity contribution < 1.29 is 0 Å². The van der Waals surface area contributed by atoms with Gasteiger partial charge in [-0.2, -0.15) is 0 Å². The molecule has 0 aromatic rings. The lowest BCUT2D eigenvalue weighted by molar-refractivity contribution is 2.21. The maximum absolute atomic E-state index is 2.20. The summed E-state index contributed by atoms with van der Waals surface area (Å²) in [6.45, 7) is 0. The third kappa shape index (κ3) is 7.07. The zero-order valence-electron chi connectivity index (χ0n) is 18.1. The molecule has 0 aliphatic carbocycles. The summed E-state index contributed by atoms with van der Waals surface area (Å²) in [5.74, 6) is 0. The zero-order chi connectivity index (χ0) is 23.5. The van der Waals surface area contributed by atoms with Gasteiger partial charge >= 0.3 is 0 Å². The van der Waals surface area contributed by atoms with Crippen LogP contribution < -0.4 is 0 Å². The Balaban J connectivity index is 1.70. The Morgan fingerprint density at radius 2 is 0.424 bits per heavy atom. The van der Waals surface area contributed by atoms with Crippen molar-refractivity contribution in [3.8, 4) is 0 Å². The van der Waals surface area contributed by atoms with Crippen LogP contribution in [-0.4, -0.2) is 37.5 Å². The highest BCUT2D eigenvalue weighted by atomic mass is 32.3. The van der Waals surface area contributed by atoms with E-state index >= 15 is 0 Å². The van der Waals surface area contributed by atoms with Crippen LogP contribution in [0.2, 0.25) is 0 Å². The van der Waals surface area contributed by atoms with Crippen molar-refractivity contribution in [3.05, 3.63) is 50.8 Å². The van der Waals surface area contributed by atoms with Gasteiger partial charge in [0.05, 0.1) is 50.8 Å². The van der Waals surface area contributed by atoms with Gasteiger partial charge < -0.3 is 0 Å². The summed E-state index contributed by atoms with van der Waals surface area (Å²) in [6, 6.07) is 0. The Bertz CT molecular complexity index is 817. The molecular formula is C18H18S15. The molecule has 0 nitrogen and oxygen atoms in total. The monoisotopic (exact) mass is 714 g/mol. The van der Waals surface area contributed by atoms with Crippen molar-refractivity contribution in [1.82, 2.24) is 0 Å². The van der Waals surface area contributed by atoms with Gasteiger partial charge in [0.25, 0.3) is 0 Å². The van der Waals surface area contributed by atoms with E-state index in [0.29, 0.717) is 0 Å². The molecule has 0 aromatic carbocycles. The van der Waals surface area contributed by atoms with E-state index < -0.39 is 0 Å². The summed E-state index contributed by atoms with van der Waals surface area (Å²) >= 11 is 29.0. The van der Waals surface area contributed by atoms with Crippen LogP contribution in [0.1, 0.15) is 0 Å². The molecule has 4 aliphatic heterocycles. The van der Waals surface area contributed by atoms with Gasteiger partial charge in [0.1, 0.15) is 0 Å². The van der Waals surface area contributed by atoms with Gasteiger partial charge in [-0.15, -0.1) is 70.6 Å². The maximum atomic E-state index is 2.20. The first-order chi connectivity index (χ1) is 16.0. The molecule has 1 saturated heterocycles. The van der Waals surface area contributed by atoms with E-state index in [1.54, 1.807) is 0 Å². The third-order valence-corrected chi connectivity index (χ3v) is 24.8. The largest absolute Gasteiger partial charge is 0.121 e. The van der Waals surface area contributed by atoms with Crippen molar-refractivity contribution in [1.29, 1.82) is 0 Å². The van der Waals surface area contributed by atoms with Crippen molar-refractivity contribution >= 4 is 176 Å². The molecule has 0 unspecified atom stereocenters. The molecule has 15 heteroatoms.